The van der Waals surface area contributed by atoms with Gasteiger partial charge in [0.2, 0.25) is 5.91 Å². The first kappa shape index (κ1) is 15.4. The first-order valence-electron chi connectivity index (χ1n) is 7.55. The van der Waals surface area contributed by atoms with Gasteiger partial charge < -0.3 is 5.32 Å². The van der Waals surface area contributed by atoms with Crippen molar-refractivity contribution in [3.63, 3.8) is 0 Å². The molecule has 0 spiro atoms. The van der Waals surface area contributed by atoms with Crippen molar-refractivity contribution in [3.8, 4) is 6.07 Å². The van der Waals surface area contributed by atoms with Crippen molar-refractivity contribution in [1.82, 2.24) is 10.3 Å². The number of fused-ring (bicyclic) bond motifs is 1. The van der Waals surface area contributed by atoms with Crippen LogP contribution in [0.15, 0.2) is 66.9 Å². The number of aromatic nitrogens is 1. The predicted octanol–water partition coefficient (Wildman–Crippen LogP) is 3.44. The second kappa shape index (κ2) is 7.21. The normalized spacial score (nSPS) is 10.6. The molecule has 0 bridgehead atoms. The van der Waals surface area contributed by atoms with Gasteiger partial charge in [-0.1, -0.05) is 36.4 Å². The topological polar surface area (TPSA) is 65.8 Å². The molecule has 0 saturated carbocycles. The van der Waals surface area contributed by atoms with Gasteiger partial charge in [0.05, 0.1) is 17.1 Å². The van der Waals surface area contributed by atoms with Crippen LogP contribution in [0.5, 0.6) is 0 Å². The first-order chi connectivity index (χ1) is 11.8. The summed E-state index contributed by atoms with van der Waals surface area (Å²) >= 11 is 0. The van der Waals surface area contributed by atoms with Crippen molar-refractivity contribution in [2.45, 2.75) is 6.54 Å². The molecule has 4 nitrogen and oxygen atoms in total. The highest BCUT2D eigenvalue weighted by Gasteiger charge is 2.01. The van der Waals surface area contributed by atoms with Crippen LogP contribution in [0.4, 0.5) is 0 Å². The van der Waals surface area contributed by atoms with Gasteiger partial charge in [0.1, 0.15) is 0 Å². The number of nitrogens with one attached hydrogen (secondary N) is 1. The van der Waals surface area contributed by atoms with E-state index in [9.17, 15) is 4.79 Å². The first-order valence-corrected chi connectivity index (χ1v) is 7.55. The molecule has 2 aromatic carbocycles. The summed E-state index contributed by atoms with van der Waals surface area (Å²) in [5.41, 5.74) is 3.24. The molecule has 0 radical (unpaired) electrons. The number of nitriles is 1. The summed E-state index contributed by atoms with van der Waals surface area (Å²) in [6.07, 6.45) is 5.00. The fraction of sp³-hybridized carbons (Fsp3) is 0.0500. The molecule has 0 fully saturated rings. The van der Waals surface area contributed by atoms with E-state index in [-0.39, 0.29) is 5.91 Å². The maximum Gasteiger partial charge on any atom is 0.244 e. The van der Waals surface area contributed by atoms with E-state index in [0.29, 0.717) is 12.1 Å². The third-order valence-electron chi connectivity index (χ3n) is 3.60. The van der Waals surface area contributed by atoms with E-state index in [4.69, 9.17) is 5.26 Å². The minimum absolute atomic E-state index is 0.190. The summed E-state index contributed by atoms with van der Waals surface area (Å²) in [4.78, 5) is 16.4. The van der Waals surface area contributed by atoms with Gasteiger partial charge in [-0.3, -0.25) is 9.78 Å². The van der Waals surface area contributed by atoms with Gasteiger partial charge in [0.25, 0.3) is 0 Å². The molecule has 3 aromatic rings. The Labute approximate surface area is 140 Å². The van der Waals surface area contributed by atoms with Crippen LogP contribution in [0.2, 0.25) is 0 Å². The highest BCUT2D eigenvalue weighted by atomic mass is 16.1. The number of pyridine rings is 1. The summed E-state index contributed by atoms with van der Waals surface area (Å²) in [5, 5.41) is 12.7. The summed E-state index contributed by atoms with van der Waals surface area (Å²) in [7, 11) is 0. The zero-order valence-electron chi connectivity index (χ0n) is 12.9. The third-order valence-corrected chi connectivity index (χ3v) is 3.60. The van der Waals surface area contributed by atoms with Gasteiger partial charge in [-0.05, 0) is 29.8 Å². The van der Waals surface area contributed by atoms with E-state index in [1.165, 1.54) is 6.08 Å². The van der Waals surface area contributed by atoms with E-state index >= 15 is 0 Å². The van der Waals surface area contributed by atoms with E-state index in [0.717, 1.165) is 22.0 Å². The summed E-state index contributed by atoms with van der Waals surface area (Å²) in [6.45, 7) is 0.381. The van der Waals surface area contributed by atoms with Crippen LogP contribution in [0.3, 0.4) is 0 Å². The molecule has 0 aliphatic rings. The molecule has 3 rings (SSSR count). The highest BCUT2D eigenvalue weighted by molar-refractivity contribution is 5.95. The lowest BCUT2D eigenvalue weighted by Crippen LogP contribution is -2.20. The summed E-state index contributed by atoms with van der Waals surface area (Å²) in [6, 6.07) is 19.0. The molecule has 0 saturated heterocycles. The van der Waals surface area contributed by atoms with Crippen molar-refractivity contribution in [1.29, 1.82) is 5.26 Å². The number of amides is 1. The van der Waals surface area contributed by atoms with Gasteiger partial charge in [-0.15, -0.1) is 0 Å². The number of carbonyl (C=O) groups is 1. The molecule has 4 heteroatoms. The molecule has 1 aromatic heterocycles. The predicted molar refractivity (Wildman–Crippen MR) is 93.8 cm³/mol. The van der Waals surface area contributed by atoms with Crippen molar-refractivity contribution in [3.05, 3.63) is 83.6 Å². The van der Waals surface area contributed by atoms with Crippen LogP contribution in [-0.4, -0.2) is 10.9 Å². The molecule has 1 heterocycles. The fourth-order valence-electron chi connectivity index (χ4n) is 2.43. The van der Waals surface area contributed by atoms with Gasteiger partial charge >= 0.3 is 0 Å². The van der Waals surface area contributed by atoms with Crippen LogP contribution >= 0.6 is 0 Å². The van der Waals surface area contributed by atoms with Crippen LogP contribution in [-0.2, 0) is 11.3 Å². The molecule has 0 aliphatic carbocycles. The lowest BCUT2D eigenvalue weighted by molar-refractivity contribution is -0.116. The number of benzene rings is 2. The molecular weight excluding hydrogens is 298 g/mol. The molecule has 24 heavy (non-hydrogen) atoms. The Balaban J connectivity index is 1.68. The maximum absolute atomic E-state index is 12.0. The van der Waals surface area contributed by atoms with Crippen LogP contribution in [0, 0.1) is 11.3 Å². The molecule has 1 N–H and O–H groups in total. The Morgan fingerprint density at radius 1 is 1.17 bits per heavy atom. The maximum atomic E-state index is 12.0. The number of hydrogen-bond donors (Lipinski definition) is 1. The standard InChI is InChI=1S/C20H15N3O/c21-13-15-4-1-5-16(12-15)14-23-19(24)10-9-18-7-2-6-17-8-3-11-22-20(17)18/h1-12H,14H2,(H,23,24)/b10-9+. The Bertz CT molecular complexity index is 949. The smallest absolute Gasteiger partial charge is 0.244 e. The number of nitrogens with zero attached hydrogens (tertiary/aromatic N) is 2. The number of hydrogen-bond acceptors (Lipinski definition) is 3. The van der Waals surface area contributed by atoms with Crippen LogP contribution in [0.1, 0.15) is 16.7 Å². The fourth-order valence-corrected chi connectivity index (χ4v) is 2.43. The third kappa shape index (κ3) is 3.65. The van der Waals surface area contributed by atoms with Gasteiger partial charge in [0, 0.05) is 29.8 Å². The Kier molecular flexibility index (Phi) is 4.64. The molecule has 0 unspecified atom stereocenters. The average molecular weight is 313 g/mol. The van der Waals surface area contributed by atoms with Crippen molar-refractivity contribution < 1.29 is 4.79 Å². The van der Waals surface area contributed by atoms with Gasteiger partial charge in [0.15, 0.2) is 0 Å². The second-order valence-electron chi connectivity index (χ2n) is 5.29. The van der Waals surface area contributed by atoms with Gasteiger partial charge in [-0.2, -0.15) is 5.26 Å². The second-order valence-corrected chi connectivity index (χ2v) is 5.29. The minimum atomic E-state index is -0.190. The van der Waals surface area contributed by atoms with E-state index in [1.54, 1.807) is 30.5 Å². The Morgan fingerprint density at radius 3 is 2.88 bits per heavy atom. The number of para-hydroxylation sites is 1. The monoisotopic (exact) mass is 313 g/mol. The highest BCUT2D eigenvalue weighted by Crippen LogP contribution is 2.17. The number of rotatable bonds is 4. The minimum Gasteiger partial charge on any atom is -0.348 e. The van der Waals surface area contributed by atoms with E-state index in [2.05, 4.69) is 16.4 Å². The van der Waals surface area contributed by atoms with Crippen LogP contribution < -0.4 is 5.32 Å². The molecule has 116 valence electrons. The SMILES string of the molecule is N#Cc1cccc(CNC(=O)/C=C/c2cccc3cccnc23)c1. The van der Waals surface area contributed by atoms with Crippen molar-refractivity contribution >= 4 is 22.9 Å². The molecule has 0 aliphatic heterocycles. The molecule has 1 amide bonds. The largest absolute Gasteiger partial charge is 0.348 e. The van der Waals surface area contributed by atoms with Gasteiger partial charge in [-0.25, -0.2) is 0 Å². The van der Waals surface area contributed by atoms with Crippen LogP contribution in [0.25, 0.3) is 17.0 Å². The zero-order chi connectivity index (χ0) is 16.8. The molecule has 0 atom stereocenters. The van der Waals surface area contributed by atoms with E-state index in [1.807, 2.05) is 36.4 Å². The number of carbonyl (C=O) groups excluding carboxylic acids is 1. The molecular formula is C20H15N3O. The van der Waals surface area contributed by atoms with Crippen molar-refractivity contribution in [2.24, 2.45) is 0 Å². The quantitative estimate of drug-likeness (QED) is 0.750. The lowest BCUT2D eigenvalue weighted by Gasteiger charge is -2.03. The zero-order valence-corrected chi connectivity index (χ0v) is 12.9. The Hall–Kier alpha value is -3.45. The summed E-state index contributed by atoms with van der Waals surface area (Å²) < 4.78 is 0. The van der Waals surface area contributed by atoms with E-state index < -0.39 is 0 Å². The Morgan fingerprint density at radius 2 is 2.00 bits per heavy atom. The summed E-state index contributed by atoms with van der Waals surface area (Å²) in [5.74, 6) is -0.190. The average Bonchev–Trinajstić information content (AvgIpc) is 2.64. The van der Waals surface area contributed by atoms with Crippen molar-refractivity contribution in [2.75, 3.05) is 0 Å². The lowest BCUT2D eigenvalue weighted by atomic mass is 10.1.